The average Bonchev–Trinajstić information content (AvgIpc) is 2.77. The second-order valence-electron chi connectivity index (χ2n) is 6.91. The van der Waals surface area contributed by atoms with Crippen LogP contribution >= 0.6 is 0 Å². The van der Waals surface area contributed by atoms with Crippen LogP contribution in [0.2, 0.25) is 0 Å². The van der Waals surface area contributed by atoms with Crippen molar-refractivity contribution >= 4 is 11.6 Å². The lowest BCUT2D eigenvalue weighted by Crippen LogP contribution is -2.24. The minimum absolute atomic E-state index is 0.0680. The Morgan fingerprint density at radius 1 is 1.35 bits per heavy atom. The normalized spacial score (nSPS) is 19.3. The zero-order valence-electron chi connectivity index (χ0n) is 13.4. The number of aliphatic hydroxyl groups is 1. The van der Waals surface area contributed by atoms with Crippen molar-refractivity contribution in [3.63, 3.8) is 0 Å². The van der Waals surface area contributed by atoms with Crippen molar-refractivity contribution in [2.24, 2.45) is 5.41 Å². The Kier molecular flexibility index (Phi) is 3.76. The Labute approximate surface area is 134 Å². The summed E-state index contributed by atoms with van der Waals surface area (Å²) in [5, 5.41) is 13.0. The molecular formula is C18H20FNO3. The molecule has 0 saturated heterocycles. The standard InChI is InChI=1S/C18H20FNO3/c1-10-15-13(21)8-18(2,3)9-14(15)23-16(10)17(22)20-12-6-4-11(19)5-7-12/h4-7,13,21H,8-9H2,1-3H3,(H,20,22)/t13-/m0/s1. The van der Waals surface area contributed by atoms with E-state index in [-0.39, 0.29) is 17.0 Å². The minimum atomic E-state index is -0.620. The molecule has 1 amide bonds. The van der Waals surface area contributed by atoms with Gasteiger partial charge in [0.1, 0.15) is 11.6 Å². The van der Waals surface area contributed by atoms with Gasteiger partial charge in [-0.3, -0.25) is 4.79 Å². The molecule has 2 aromatic rings. The number of fused-ring (bicyclic) bond motifs is 1. The number of hydrogen-bond donors (Lipinski definition) is 2. The second kappa shape index (κ2) is 5.49. The number of furan rings is 1. The Bertz CT molecular complexity index is 746. The van der Waals surface area contributed by atoms with Gasteiger partial charge in [0.2, 0.25) is 0 Å². The van der Waals surface area contributed by atoms with E-state index in [1.165, 1.54) is 24.3 Å². The zero-order valence-corrected chi connectivity index (χ0v) is 13.4. The summed E-state index contributed by atoms with van der Waals surface area (Å²) >= 11 is 0. The summed E-state index contributed by atoms with van der Waals surface area (Å²) in [6.07, 6.45) is 0.702. The number of benzene rings is 1. The van der Waals surface area contributed by atoms with Crippen LogP contribution in [0.1, 0.15) is 53.8 Å². The Morgan fingerprint density at radius 2 is 2.00 bits per heavy atom. The maximum absolute atomic E-state index is 12.9. The van der Waals surface area contributed by atoms with Gasteiger partial charge in [-0.15, -0.1) is 0 Å². The lowest BCUT2D eigenvalue weighted by atomic mass is 9.75. The van der Waals surface area contributed by atoms with Gasteiger partial charge < -0.3 is 14.8 Å². The third kappa shape index (κ3) is 3.01. The minimum Gasteiger partial charge on any atom is -0.455 e. The van der Waals surface area contributed by atoms with Crippen LogP contribution in [-0.4, -0.2) is 11.0 Å². The number of aliphatic hydroxyl groups excluding tert-OH is 1. The van der Waals surface area contributed by atoms with Crippen molar-refractivity contribution in [3.8, 4) is 0 Å². The summed E-state index contributed by atoms with van der Waals surface area (Å²) in [5.41, 5.74) is 1.82. The summed E-state index contributed by atoms with van der Waals surface area (Å²) in [5.74, 6) is 0.123. The lowest BCUT2D eigenvalue weighted by molar-refractivity contribution is 0.0910. The van der Waals surface area contributed by atoms with Gasteiger partial charge in [0.05, 0.1) is 6.10 Å². The molecule has 0 radical (unpaired) electrons. The number of amides is 1. The van der Waals surface area contributed by atoms with Crippen LogP contribution < -0.4 is 5.32 Å². The molecule has 4 nitrogen and oxygen atoms in total. The zero-order chi connectivity index (χ0) is 16.8. The molecule has 2 N–H and O–H groups in total. The van der Waals surface area contributed by atoms with Crippen LogP contribution in [0, 0.1) is 18.2 Å². The molecule has 0 spiro atoms. The molecule has 1 aromatic carbocycles. The first-order valence-corrected chi connectivity index (χ1v) is 7.64. The molecule has 122 valence electrons. The molecule has 0 saturated carbocycles. The maximum atomic E-state index is 12.9. The Hall–Kier alpha value is -2.14. The fraction of sp³-hybridized carbons (Fsp3) is 0.389. The van der Waals surface area contributed by atoms with E-state index in [9.17, 15) is 14.3 Å². The van der Waals surface area contributed by atoms with Gasteiger partial charge in [-0.05, 0) is 43.0 Å². The first-order chi connectivity index (χ1) is 10.8. The van der Waals surface area contributed by atoms with Crippen LogP contribution in [0.15, 0.2) is 28.7 Å². The van der Waals surface area contributed by atoms with E-state index in [4.69, 9.17) is 4.42 Å². The molecule has 0 unspecified atom stereocenters. The van der Waals surface area contributed by atoms with Crippen molar-refractivity contribution in [1.82, 2.24) is 0 Å². The van der Waals surface area contributed by atoms with Crippen molar-refractivity contribution in [3.05, 3.63) is 52.7 Å². The van der Waals surface area contributed by atoms with Gasteiger partial charge >= 0.3 is 0 Å². The fourth-order valence-electron chi connectivity index (χ4n) is 3.22. The van der Waals surface area contributed by atoms with E-state index in [0.717, 1.165) is 5.56 Å². The second-order valence-corrected chi connectivity index (χ2v) is 6.91. The van der Waals surface area contributed by atoms with E-state index in [1.807, 2.05) is 0 Å². The molecule has 0 bridgehead atoms. The monoisotopic (exact) mass is 317 g/mol. The van der Waals surface area contributed by atoms with Crippen molar-refractivity contribution < 1.29 is 18.7 Å². The molecule has 0 fully saturated rings. The number of carbonyl (C=O) groups excluding carboxylic acids is 1. The highest BCUT2D eigenvalue weighted by Gasteiger charge is 2.37. The number of rotatable bonds is 2. The number of anilines is 1. The van der Waals surface area contributed by atoms with Crippen molar-refractivity contribution in [2.45, 2.75) is 39.7 Å². The third-order valence-corrected chi connectivity index (χ3v) is 4.30. The van der Waals surface area contributed by atoms with E-state index >= 15 is 0 Å². The molecule has 23 heavy (non-hydrogen) atoms. The largest absolute Gasteiger partial charge is 0.455 e. The molecule has 1 aliphatic carbocycles. The summed E-state index contributed by atoms with van der Waals surface area (Å²) in [6.45, 7) is 5.91. The van der Waals surface area contributed by atoms with Gasteiger partial charge in [-0.2, -0.15) is 0 Å². The highest BCUT2D eigenvalue weighted by molar-refractivity contribution is 6.03. The summed E-state index contributed by atoms with van der Waals surface area (Å²) in [4.78, 5) is 12.4. The molecular weight excluding hydrogens is 297 g/mol. The van der Waals surface area contributed by atoms with Gasteiger partial charge in [-0.25, -0.2) is 4.39 Å². The SMILES string of the molecule is Cc1c(C(=O)Nc2ccc(F)cc2)oc2c1[C@@H](O)CC(C)(C)C2. The Balaban J connectivity index is 1.89. The molecule has 1 atom stereocenters. The van der Waals surface area contributed by atoms with Gasteiger partial charge in [0, 0.05) is 23.2 Å². The van der Waals surface area contributed by atoms with Gasteiger partial charge in [-0.1, -0.05) is 13.8 Å². The molecule has 1 heterocycles. The van der Waals surface area contributed by atoms with Gasteiger partial charge in [0.15, 0.2) is 5.76 Å². The lowest BCUT2D eigenvalue weighted by Gasteiger charge is -2.31. The van der Waals surface area contributed by atoms with Crippen LogP contribution in [0.4, 0.5) is 10.1 Å². The predicted octanol–water partition coefficient (Wildman–Crippen LogP) is 3.99. The summed E-state index contributed by atoms with van der Waals surface area (Å²) in [7, 11) is 0. The third-order valence-electron chi connectivity index (χ3n) is 4.30. The van der Waals surface area contributed by atoms with Crippen LogP contribution in [0.5, 0.6) is 0 Å². The first-order valence-electron chi connectivity index (χ1n) is 7.64. The highest BCUT2D eigenvalue weighted by Crippen LogP contribution is 2.44. The number of nitrogens with one attached hydrogen (secondary N) is 1. The highest BCUT2D eigenvalue weighted by atomic mass is 19.1. The van der Waals surface area contributed by atoms with Crippen LogP contribution in [0.3, 0.4) is 0 Å². The quantitative estimate of drug-likeness (QED) is 0.880. The van der Waals surface area contributed by atoms with Crippen molar-refractivity contribution in [1.29, 1.82) is 0 Å². The summed E-state index contributed by atoms with van der Waals surface area (Å²) in [6, 6.07) is 5.54. The molecule has 5 heteroatoms. The Morgan fingerprint density at radius 3 is 2.65 bits per heavy atom. The topological polar surface area (TPSA) is 62.5 Å². The fourth-order valence-corrected chi connectivity index (χ4v) is 3.22. The summed E-state index contributed by atoms with van der Waals surface area (Å²) < 4.78 is 18.7. The molecule has 3 rings (SSSR count). The molecule has 1 aliphatic rings. The van der Waals surface area contributed by atoms with E-state index in [1.54, 1.807) is 6.92 Å². The van der Waals surface area contributed by atoms with Crippen LogP contribution in [-0.2, 0) is 6.42 Å². The number of carbonyl (C=O) groups is 1. The van der Waals surface area contributed by atoms with Gasteiger partial charge in [0.25, 0.3) is 5.91 Å². The number of hydrogen-bond acceptors (Lipinski definition) is 3. The molecule has 1 aromatic heterocycles. The van der Waals surface area contributed by atoms with Crippen molar-refractivity contribution in [2.75, 3.05) is 5.32 Å². The van der Waals surface area contributed by atoms with E-state index in [2.05, 4.69) is 19.2 Å². The smallest absolute Gasteiger partial charge is 0.291 e. The predicted molar refractivity (Wildman–Crippen MR) is 84.9 cm³/mol. The van der Waals surface area contributed by atoms with Crippen LogP contribution in [0.25, 0.3) is 0 Å². The first kappa shape index (κ1) is 15.7. The van der Waals surface area contributed by atoms with E-state index < -0.39 is 12.0 Å². The number of halogens is 1. The maximum Gasteiger partial charge on any atom is 0.291 e. The average molecular weight is 317 g/mol. The molecule has 0 aliphatic heterocycles. The van der Waals surface area contributed by atoms with E-state index in [0.29, 0.717) is 29.9 Å².